The summed E-state index contributed by atoms with van der Waals surface area (Å²) in [6.45, 7) is 6.84. The average Bonchev–Trinajstić information content (AvgIpc) is 2.57. The molecule has 2 atom stereocenters. The minimum Gasteiger partial charge on any atom is -0.142 e. The fraction of sp³-hybridized carbons (Fsp3) is 0.667. The van der Waals surface area contributed by atoms with E-state index in [1.165, 1.54) is 61.6 Å². The lowest BCUT2D eigenvalue weighted by atomic mass is 9.78. The number of hydrogen-bond acceptors (Lipinski definition) is 3. The molecule has 0 aromatic heterocycles. The van der Waals surface area contributed by atoms with Crippen LogP contribution in [0.25, 0.3) is 0 Å². The van der Waals surface area contributed by atoms with Gasteiger partial charge in [0.05, 0.1) is 0 Å². The van der Waals surface area contributed by atoms with Crippen molar-refractivity contribution in [3.05, 3.63) is 16.7 Å². The molecule has 1 aliphatic carbocycles. The highest BCUT2D eigenvalue weighted by atomic mass is 32.1. The first kappa shape index (κ1) is 17.6. The summed E-state index contributed by atoms with van der Waals surface area (Å²) in [5.74, 6) is 1.39. The highest BCUT2D eigenvalue weighted by molar-refractivity contribution is 7.85. The van der Waals surface area contributed by atoms with Gasteiger partial charge in [-0.25, -0.2) is 0 Å². The van der Waals surface area contributed by atoms with E-state index in [1.54, 1.807) is 0 Å². The molecular formula is C18H28S3. The minimum absolute atomic E-state index is 0.647. The van der Waals surface area contributed by atoms with Gasteiger partial charge in [0.2, 0.25) is 0 Å². The largest absolute Gasteiger partial charge is 0.142 e. The van der Waals surface area contributed by atoms with E-state index in [4.69, 9.17) is 25.3 Å². The molecule has 0 saturated heterocycles. The zero-order valence-corrected chi connectivity index (χ0v) is 16.1. The lowest BCUT2D eigenvalue weighted by Gasteiger charge is -2.29. The van der Waals surface area contributed by atoms with Crippen LogP contribution in [0.2, 0.25) is 0 Å². The van der Waals surface area contributed by atoms with Crippen LogP contribution in [0.1, 0.15) is 74.5 Å². The molecule has 3 heteroatoms. The molecule has 0 radical (unpaired) electrons. The number of hydrogen-bond donors (Lipinski definition) is 3. The molecule has 0 aliphatic heterocycles. The van der Waals surface area contributed by atoms with E-state index >= 15 is 0 Å². The van der Waals surface area contributed by atoms with E-state index in [1.807, 2.05) is 0 Å². The molecule has 0 heterocycles. The van der Waals surface area contributed by atoms with Crippen molar-refractivity contribution in [1.82, 2.24) is 0 Å². The van der Waals surface area contributed by atoms with E-state index in [2.05, 4.69) is 33.4 Å². The predicted molar refractivity (Wildman–Crippen MR) is 102 cm³/mol. The van der Waals surface area contributed by atoms with Crippen LogP contribution in [0, 0.1) is 19.8 Å². The van der Waals surface area contributed by atoms with Gasteiger partial charge in [0.25, 0.3) is 0 Å². The predicted octanol–water partition coefficient (Wildman–Crippen LogP) is 6.63. The number of rotatable bonds is 1. The van der Waals surface area contributed by atoms with Crippen LogP contribution in [-0.2, 0) is 0 Å². The van der Waals surface area contributed by atoms with Crippen LogP contribution >= 0.6 is 37.9 Å². The first-order valence-electron chi connectivity index (χ1n) is 8.19. The van der Waals surface area contributed by atoms with Gasteiger partial charge in [-0.1, -0.05) is 45.4 Å². The molecule has 118 valence electrons. The van der Waals surface area contributed by atoms with E-state index in [9.17, 15) is 0 Å². The molecule has 1 aliphatic rings. The molecule has 2 unspecified atom stereocenters. The summed E-state index contributed by atoms with van der Waals surface area (Å²) in [5, 5.41) is 0. The summed E-state index contributed by atoms with van der Waals surface area (Å²) in [4.78, 5) is 2.95. The van der Waals surface area contributed by atoms with Crippen molar-refractivity contribution < 1.29 is 0 Å². The van der Waals surface area contributed by atoms with Crippen molar-refractivity contribution in [2.24, 2.45) is 5.92 Å². The summed E-state index contributed by atoms with van der Waals surface area (Å²) in [5.41, 5.74) is 4.13. The average molecular weight is 341 g/mol. The fourth-order valence-corrected chi connectivity index (χ4v) is 4.72. The molecule has 0 bridgehead atoms. The topological polar surface area (TPSA) is 0 Å². The monoisotopic (exact) mass is 340 g/mol. The van der Waals surface area contributed by atoms with Gasteiger partial charge in [-0.15, -0.1) is 37.9 Å². The van der Waals surface area contributed by atoms with E-state index in [0.29, 0.717) is 5.92 Å². The zero-order chi connectivity index (χ0) is 15.6. The Kier molecular flexibility index (Phi) is 6.46. The van der Waals surface area contributed by atoms with E-state index in [-0.39, 0.29) is 0 Å². The van der Waals surface area contributed by atoms with Gasteiger partial charge in [0.1, 0.15) is 0 Å². The fourth-order valence-electron chi connectivity index (χ4n) is 3.84. The second-order valence-electron chi connectivity index (χ2n) is 6.64. The van der Waals surface area contributed by atoms with Crippen LogP contribution in [0.4, 0.5) is 0 Å². The maximum atomic E-state index is 4.69. The molecule has 1 fully saturated rings. The standard InChI is InChI=1S/C18H28S3/c1-11-9-7-5-4-6-8-10-14(11)15-12(2)16(19)18(21)17(20)13(15)3/h11,14,19-21H,4-10H2,1-3H3. The third-order valence-corrected chi connectivity index (χ3v) is 7.12. The van der Waals surface area contributed by atoms with E-state index in [0.717, 1.165) is 20.6 Å². The maximum absolute atomic E-state index is 4.69. The Morgan fingerprint density at radius 1 is 0.714 bits per heavy atom. The Morgan fingerprint density at radius 3 is 1.76 bits per heavy atom. The first-order chi connectivity index (χ1) is 9.95. The molecule has 1 aromatic carbocycles. The molecular weight excluding hydrogens is 312 g/mol. The minimum atomic E-state index is 0.647. The Balaban J connectivity index is 2.47. The normalized spacial score (nSPS) is 24.3. The lowest BCUT2D eigenvalue weighted by molar-refractivity contribution is 0.397. The van der Waals surface area contributed by atoms with Gasteiger partial charge in [-0.05, 0) is 48.8 Å². The lowest BCUT2D eigenvalue weighted by Crippen LogP contribution is -2.14. The van der Waals surface area contributed by atoms with Crippen LogP contribution in [-0.4, -0.2) is 0 Å². The smallest absolute Gasteiger partial charge is 0.0313 e. The molecule has 0 amide bonds. The van der Waals surface area contributed by atoms with Gasteiger partial charge in [0, 0.05) is 14.7 Å². The van der Waals surface area contributed by atoms with Crippen molar-refractivity contribution in [1.29, 1.82) is 0 Å². The SMILES string of the molecule is Cc1c(S)c(S)c(S)c(C)c1C1CCCCCCCC1C. The van der Waals surface area contributed by atoms with Crippen LogP contribution in [0.15, 0.2) is 14.7 Å². The number of thiol groups is 3. The van der Waals surface area contributed by atoms with Crippen LogP contribution < -0.4 is 0 Å². The Labute approximate surface area is 146 Å². The second-order valence-corrected chi connectivity index (χ2v) is 7.98. The Hall–Kier alpha value is 0.270. The molecule has 1 aromatic rings. The Morgan fingerprint density at radius 2 is 1.19 bits per heavy atom. The highest BCUT2D eigenvalue weighted by Crippen LogP contribution is 2.43. The Bertz CT molecular complexity index is 479. The van der Waals surface area contributed by atoms with Crippen LogP contribution in [0.5, 0.6) is 0 Å². The molecule has 0 spiro atoms. The van der Waals surface area contributed by atoms with Crippen molar-refractivity contribution in [3.8, 4) is 0 Å². The third-order valence-electron chi connectivity index (χ3n) is 5.20. The van der Waals surface area contributed by atoms with Crippen LogP contribution in [0.3, 0.4) is 0 Å². The molecule has 0 nitrogen and oxygen atoms in total. The summed E-state index contributed by atoms with van der Waals surface area (Å²) < 4.78 is 0. The summed E-state index contributed by atoms with van der Waals surface area (Å²) in [7, 11) is 0. The first-order valence-corrected chi connectivity index (χ1v) is 9.53. The summed E-state index contributed by atoms with van der Waals surface area (Å²) in [6, 6.07) is 0. The van der Waals surface area contributed by atoms with E-state index < -0.39 is 0 Å². The van der Waals surface area contributed by atoms with Crippen molar-refractivity contribution in [3.63, 3.8) is 0 Å². The quantitative estimate of drug-likeness (QED) is 0.469. The van der Waals surface area contributed by atoms with Crippen molar-refractivity contribution in [2.75, 3.05) is 0 Å². The highest BCUT2D eigenvalue weighted by Gasteiger charge is 2.26. The molecule has 0 N–H and O–H groups in total. The molecule has 1 saturated carbocycles. The van der Waals surface area contributed by atoms with Gasteiger partial charge in [-0.3, -0.25) is 0 Å². The van der Waals surface area contributed by atoms with Gasteiger partial charge in [0.15, 0.2) is 0 Å². The maximum Gasteiger partial charge on any atom is 0.0313 e. The third kappa shape index (κ3) is 3.79. The second kappa shape index (κ2) is 7.70. The number of benzene rings is 1. The zero-order valence-electron chi connectivity index (χ0n) is 13.4. The molecule has 2 rings (SSSR count). The molecule has 21 heavy (non-hydrogen) atoms. The van der Waals surface area contributed by atoms with Crippen molar-refractivity contribution in [2.45, 2.75) is 86.3 Å². The van der Waals surface area contributed by atoms with Gasteiger partial charge < -0.3 is 0 Å². The summed E-state index contributed by atoms with van der Waals surface area (Å²) in [6.07, 6.45) is 9.56. The van der Waals surface area contributed by atoms with Crippen molar-refractivity contribution >= 4 is 37.9 Å². The van der Waals surface area contributed by atoms with Gasteiger partial charge in [-0.2, -0.15) is 0 Å². The van der Waals surface area contributed by atoms with Gasteiger partial charge >= 0.3 is 0 Å². The summed E-state index contributed by atoms with van der Waals surface area (Å²) >= 11 is 14.0.